The minimum absolute atomic E-state index is 0.759. The molecule has 3 heteroatoms. The van der Waals surface area contributed by atoms with Crippen LogP contribution in [0.2, 0.25) is 0 Å². The molecule has 3 nitrogen and oxygen atoms in total. The molecule has 18 heavy (non-hydrogen) atoms. The molecule has 0 aliphatic heterocycles. The predicted molar refractivity (Wildman–Crippen MR) is 73.5 cm³/mol. The predicted octanol–water partition coefficient (Wildman–Crippen LogP) is 0.414. The van der Waals surface area contributed by atoms with Gasteiger partial charge in [0.15, 0.2) is 0 Å². The Hall–Kier alpha value is -1.58. The highest BCUT2D eigenvalue weighted by atomic mass is 16.5. The van der Waals surface area contributed by atoms with Crippen LogP contribution >= 0.6 is 0 Å². The normalized spacial score (nSPS) is 10.7. The van der Waals surface area contributed by atoms with Gasteiger partial charge in [0.25, 0.3) is 0 Å². The molecular weight excluding hydrogens is 224 g/mol. The van der Waals surface area contributed by atoms with Crippen LogP contribution in [0.5, 0.6) is 5.75 Å². The Balaban J connectivity index is 1.81. The van der Waals surface area contributed by atoms with Gasteiger partial charge in [-0.05, 0) is 22.9 Å². The van der Waals surface area contributed by atoms with Crippen LogP contribution in [0.1, 0.15) is 6.42 Å². The maximum Gasteiger partial charge on any atom is 0.137 e. The van der Waals surface area contributed by atoms with E-state index in [0.29, 0.717) is 0 Å². The van der Waals surface area contributed by atoms with Crippen LogP contribution < -0.4 is 15.8 Å². The molecule has 0 spiro atoms. The molecule has 2 aromatic rings. The minimum Gasteiger partial charge on any atom is -0.488 e. The second kappa shape index (κ2) is 6.99. The number of ether oxygens (including phenoxy) is 1. The molecule has 0 atom stereocenters. The Bertz CT molecular complexity index is 485. The Morgan fingerprint density at radius 2 is 1.83 bits per heavy atom. The van der Waals surface area contributed by atoms with Crippen molar-refractivity contribution < 1.29 is 15.8 Å². The third-order valence-corrected chi connectivity index (χ3v) is 2.97. The van der Waals surface area contributed by atoms with Crippen LogP contribution in [0.25, 0.3) is 10.8 Å². The second-order valence-electron chi connectivity index (χ2n) is 4.43. The summed E-state index contributed by atoms with van der Waals surface area (Å²) < 4.78 is 5.75. The molecule has 0 aliphatic rings. The summed E-state index contributed by atoms with van der Waals surface area (Å²) in [5, 5.41) is 4.77. The van der Waals surface area contributed by atoms with Crippen LogP contribution in [0, 0.1) is 0 Å². The van der Waals surface area contributed by atoms with Crippen molar-refractivity contribution in [2.24, 2.45) is 0 Å². The van der Waals surface area contributed by atoms with Gasteiger partial charge in [0.1, 0.15) is 18.9 Å². The fourth-order valence-corrected chi connectivity index (χ4v) is 1.95. The van der Waals surface area contributed by atoms with E-state index in [1.54, 1.807) is 0 Å². The summed E-state index contributed by atoms with van der Waals surface area (Å²) in [6, 6.07) is 14.6. The molecule has 96 valence electrons. The van der Waals surface area contributed by atoms with Gasteiger partial charge >= 0.3 is 0 Å². The van der Waals surface area contributed by atoms with Crippen molar-refractivity contribution in [1.29, 1.82) is 0 Å². The van der Waals surface area contributed by atoms with Gasteiger partial charge in [0.2, 0.25) is 0 Å². The van der Waals surface area contributed by atoms with E-state index in [1.165, 1.54) is 17.2 Å². The fourth-order valence-electron chi connectivity index (χ4n) is 1.95. The van der Waals surface area contributed by atoms with E-state index in [0.717, 1.165) is 32.0 Å². The van der Waals surface area contributed by atoms with Gasteiger partial charge in [-0.25, -0.2) is 0 Å². The van der Waals surface area contributed by atoms with Crippen LogP contribution in [0.15, 0.2) is 42.5 Å². The molecule has 0 heterocycles. The summed E-state index contributed by atoms with van der Waals surface area (Å²) in [5.41, 5.74) is 3.83. The highest BCUT2D eigenvalue weighted by molar-refractivity contribution is 5.83. The lowest BCUT2D eigenvalue weighted by Gasteiger charge is -2.06. The minimum atomic E-state index is 0.759. The molecule has 0 saturated carbocycles. The first kappa shape index (κ1) is 12.9. The zero-order chi connectivity index (χ0) is 12.6. The number of fused-ring (bicyclic) bond motifs is 1. The molecule has 2 rings (SSSR count). The van der Waals surface area contributed by atoms with E-state index >= 15 is 0 Å². The second-order valence-corrected chi connectivity index (χ2v) is 4.43. The Morgan fingerprint density at radius 3 is 2.67 bits per heavy atom. The summed E-state index contributed by atoms with van der Waals surface area (Å²) in [6.45, 7) is 3.93. The van der Waals surface area contributed by atoms with Crippen molar-refractivity contribution in [1.82, 2.24) is 0 Å². The van der Waals surface area contributed by atoms with Crippen molar-refractivity contribution in [3.05, 3.63) is 42.5 Å². The maximum atomic E-state index is 5.75. The molecule has 0 amide bonds. The van der Waals surface area contributed by atoms with E-state index in [9.17, 15) is 0 Å². The first-order chi connectivity index (χ1) is 8.90. The molecule has 0 saturated heterocycles. The standard InChI is InChI=1S/C15H20N2O/c16-8-3-9-17-10-11-18-15-7-6-13-4-1-2-5-14(13)12-15/h1-2,4-7,12,17H,3,8-11,16H2/p+2. The monoisotopic (exact) mass is 246 g/mol. The smallest absolute Gasteiger partial charge is 0.137 e. The van der Waals surface area contributed by atoms with Gasteiger partial charge in [0, 0.05) is 6.42 Å². The summed E-state index contributed by atoms with van der Waals surface area (Å²) in [7, 11) is 0. The number of benzene rings is 2. The van der Waals surface area contributed by atoms with Gasteiger partial charge < -0.3 is 15.8 Å². The lowest BCUT2D eigenvalue weighted by molar-refractivity contribution is -0.657. The summed E-state index contributed by atoms with van der Waals surface area (Å²) in [6.07, 6.45) is 1.18. The van der Waals surface area contributed by atoms with E-state index in [1.807, 2.05) is 6.07 Å². The van der Waals surface area contributed by atoms with Crippen molar-refractivity contribution in [3.63, 3.8) is 0 Å². The van der Waals surface area contributed by atoms with Gasteiger partial charge in [-0.2, -0.15) is 0 Å². The van der Waals surface area contributed by atoms with E-state index in [-0.39, 0.29) is 0 Å². The molecule has 5 N–H and O–H groups in total. The van der Waals surface area contributed by atoms with Crippen molar-refractivity contribution in [2.75, 3.05) is 26.2 Å². The molecule has 0 fully saturated rings. The van der Waals surface area contributed by atoms with E-state index in [4.69, 9.17) is 4.74 Å². The Labute approximate surface area is 108 Å². The SMILES string of the molecule is [NH3+]CCC[NH2+]CCOc1ccc2ccccc2c1. The number of nitrogens with two attached hydrogens (primary N) is 1. The molecule has 2 aromatic carbocycles. The number of hydrogen-bond acceptors (Lipinski definition) is 1. The first-order valence-electron chi connectivity index (χ1n) is 6.62. The molecular formula is C15H22N2O+2. The summed E-state index contributed by atoms with van der Waals surface area (Å²) in [5.74, 6) is 0.958. The third kappa shape index (κ3) is 3.72. The first-order valence-corrected chi connectivity index (χ1v) is 6.62. The number of hydrogen-bond donors (Lipinski definition) is 2. The fraction of sp³-hybridized carbons (Fsp3) is 0.333. The third-order valence-electron chi connectivity index (χ3n) is 2.97. The van der Waals surface area contributed by atoms with E-state index < -0.39 is 0 Å². The molecule has 0 radical (unpaired) electrons. The molecule has 0 aliphatic carbocycles. The molecule has 0 aromatic heterocycles. The zero-order valence-corrected chi connectivity index (χ0v) is 10.8. The summed E-state index contributed by atoms with van der Waals surface area (Å²) >= 11 is 0. The highest BCUT2D eigenvalue weighted by Crippen LogP contribution is 2.20. The Kier molecular flexibility index (Phi) is 5.00. The average molecular weight is 246 g/mol. The lowest BCUT2D eigenvalue weighted by atomic mass is 10.1. The van der Waals surface area contributed by atoms with Gasteiger partial charge in [-0.3, -0.25) is 0 Å². The molecule has 0 unspecified atom stereocenters. The van der Waals surface area contributed by atoms with Gasteiger partial charge in [-0.1, -0.05) is 30.3 Å². The summed E-state index contributed by atoms with van der Waals surface area (Å²) in [4.78, 5) is 0. The topological polar surface area (TPSA) is 53.5 Å². The zero-order valence-electron chi connectivity index (χ0n) is 10.8. The Morgan fingerprint density at radius 1 is 1.00 bits per heavy atom. The van der Waals surface area contributed by atoms with Crippen molar-refractivity contribution >= 4 is 10.8 Å². The molecule has 0 bridgehead atoms. The lowest BCUT2D eigenvalue weighted by Crippen LogP contribution is -2.85. The van der Waals surface area contributed by atoms with Crippen LogP contribution in [0.4, 0.5) is 0 Å². The number of rotatable bonds is 7. The van der Waals surface area contributed by atoms with Crippen LogP contribution in [0.3, 0.4) is 0 Å². The van der Waals surface area contributed by atoms with E-state index in [2.05, 4.69) is 47.4 Å². The number of quaternary nitrogens is 2. The largest absolute Gasteiger partial charge is 0.488 e. The highest BCUT2D eigenvalue weighted by Gasteiger charge is 1.97. The van der Waals surface area contributed by atoms with Crippen LogP contribution in [-0.2, 0) is 0 Å². The van der Waals surface area contributed by atoms with Crippen molar-refractivity contribution in [2.45, 2.75) is 6.42 Å². The average Bonchev–Trinajstić information content (AvgIpc) is 2.42. The van der Waals surface area contributed by atoms with Gasteiger partial charge in [-0.15, -0.1) is 0 Å². The van der Waals surface area contributed by atoms with Crippen LogP contribution in [-0.4, -0.2) is 26.2 Å². The quantitative estimate of drug-likeness (QED) is 0.683. The van der Waals surface area contributed by atoms with Crippen molar-refractivity contribution in [3.8, 4) is 5.75 Å². The van der Waals surface area contributed by atoms with Gasteiger partial charge in [0.05, 0.1) is 13.1 Å². The maximum absolute atomic E-state index is 5.75.